The number of esters is 2. The van der Waals surface area contributed by atoms with Crippen molar-refractivity contribution in [2.24, 2.45) is 23.7 Å². The lowest BCUT2D eigenvalue weighted by atomic mass is 9.75. The first kappa shape index (κ1) is 24.5. The number of fused-ring (bicyclic) bond motifs is 1. The Kier molecular flexibility index (Phi) is 9.35. The lowest BCUT2D eigenvalue weighted by Crippen LogP contribution is -2.48. The van der Waals surface area contributed by atoms with Gasteiger partial charge in [0.15, 0.2) is 0 Å². The summed E-state index contributed by atoms with van der Waals surface area (Å²) in [6.07, 6.45) is 5.29. The van der Waals surface area contributed by atoms with Crippen LogP contribution < -0.4 is 0 Å². The molecule has 0 spiro atoms. The van der Waals surface area contributed by atoms with Crippen molar-refractivity contribution < 1.29 is 28.6 Å². The number of carbonyl (C=O) groups excluding carboxylic acids is 3. The number of methoxy groups -OCH3 is 1. The average Bonchev–Trinajstić information content (AvgIpc) is 2.71. The number of hydrogen-bond acceptors (Lipinski definition) is 8. The van der Waals surface area contributed by atoms with Crippen molar-refractivity contribution in [1.29, 1.82) is 0 Å². The van der Waals surface area contributed by atoms with Crippen LogP contribution in [0.3, 0.4) is 0 Å². The van der Waals surface area contributed by atoms with Crippen molar-refractivity contribution in [1.82, 2.24) is 0 Å². The van der Waals surface area contributed by atoms with Gasteiger partial charge in [-0.1, -0.05) is 35.4 Å². The van der Waals surface area contributed by atoms with Gasteiger partial charge in [0.2, 0.25) is 0 Å². The minimum absolute atomic E-state index is 0.126. The van der Waals surface area contributed by atoms with Crippen LogP contribution in [0.4, 0.5) is 0 Å². The third kappa shape index (κ3) is 6.37. The van der Waals surface area contributed by atoms with Gasteiger partial charge >= 0.3 is 11.9 Å². The number of ether oxygens (including phenoxy) is 3. The second-order valence-electron chi connectivity index (χ2n) is 8.48. The normalized spacial score (nSPS) is 37.8. The van der Waals surface area contributed by atoms with Crippen molar-refractivity contribution in [2.75, 3.05) is 26.6 Å². The van der Waals surface area contributed by atoms with E-state index in [1.54, 1.807) is 7.11 Å². The van der Waals surface area contributed by atoms with Gasteiger partial charge in [0.05, 0.1) is 24.7 Å². The summed E-state index contributed by atoms with van der Waals surface area (Å²) >= 11 is 0. The third-order valence-corrected chi connectivity index (χ3v) is 8.53. The van der Waals surface area contributed by atoms with E-state index in [0.717, 1.165) is 19.3 Å². The molecule has 0 saturated carbocycles. The first-order chi connectivity index (χ1) is 13.7. The SMILES string of the molecule is COC1(C)CCCC(C)C(=O)OCC2COC(=O)C(SSC)C2C(C)C(=O)CC1. The summed E-state index contributed by atoms with van der Waals surface area (Å²) in [6.45, 7) is 6.17. The largest absolute Gasteiger partial charge is 0.465 e. The third-order valence-electron chi connectivity index (χ3n) is 6.43. The van der Waals surface area contributed by atoms with Crippen molar-refractivity contribution in [3.05, 3.63) is 0 Å². The van der Waals surface area contributed by atoms with Gasteiger partial charge in [-0.15, -0.1) is 0 Å². The second-order valence-corrected chi connectivity index (χ2v) is 11.1. The molecule has 0 aliphatic carbocycles. The molecule has 0 aromatic carbocycles. The molecule has 29 heavy (non-hydrogen) atoms. The number of Topliss-reactive ketones (excluding diaryl/α,β-unsaturated/α-hetero) is 1. The smallest absolute Gasteiger partial charge is 0.320 e. The summed E-state index contributed by atoms with van der Waals surface area (Å²) in [5.41, 5.74) is -0.401. The Morgan fingerprint density at radius 2 is 1.72 bits per heavy atom. The van der Waals surface area contributed by atoms with E-state index in [1.165, 1.54) is 21.6 Å². The van der Waals surface area contributed by atoms with Gasteiger partial charge < -0.3 is 14.2 Å². The molecule has 0 radical (unpaired) electrons. The second kappa shape index (κ2) is 11.0. The highest BCUT2D eigenvalue weighted by molar-refractivity contribution is 8.76. The molecule has 0 aromatic heterocycles. The van der Waals surface area contributed by atoms with E-state index in [2.05, 4.69) is 0 Å². The van der Waals surface area contributed by atoms with Crippen LogP contribution in [0.25, 0.3) is 0 Å². The zero-order valence-electron chi connectivity index (χ0n) is 18.1. The van der Waals surface area contributed by atoms with Crippen LogP contribution in [-0.4, -0.2) is 55.2 Å². The number of ketones is 1. The summed E-state index contributed by atoms with van der Waals surface area (Å²) in [7, 11) is 4.59. The number of carbonyl (C=O) groups is 3. The lowest BCUT2D eigenvalue weighted by molar-refractivity contribution is -0.161. The van der Waals surface area contributed by atoms with Crippen molar-refractivity contribution >= 4 is 39.3 Å². The maximum Gasteiger partial charge on any atom is 0.320 e. The predicted molar refractivity (Wildman–Crippen MR) is 116 cm³/mol. The molecule has 6 nitrogen and oxygen atoms in total. The van der Waals surface area contributed by atoms with Crippen LogP contribution in [0.1, 0.15) is 52.9 Å². The van der Waals surface area contributed by atoms with Crippen molar-refractivity contribution in [2.45, 2.75) is 63.7 Å². The molecule has 6 unspecified atom stereocenters. The predicted octanol–water partition coefficient (Wildman–Crippen LogP) is 3.91. The molecule has 0 N–H and O–H groups in total. The molecular weight excluding hydrogens is 412 g/mol. The fourth-order valence-electron chi connectivity index (χ4n) is 4.21. The molecule has 2 saturated heterocycles. The minimum Gasteiger partial charge on any atom is -0.465 e. The Hall–Kier alpha value is -0.730. The quantitative estimate of drug-likeness (QED) is 0.477. The fourth-order valence-corrected chi connectivity index (χ4v) is 6.40. The molecule has 0 bridgehead atoms. The van der Waals surface area contributed by atoms with Crippen molar-refractivity contribution in [3.8, 4) is 0 Å². The molecule has 0 aromatic rings. The molecular formula is C21H34O6S2. The first-order valence-electron chi connectivity index (χ1n) is 10.3. The summed E-state index contributed by atoms with van der Waals surface area (Å²) < 4.78 is 16.7. The van der Waals surface area contributed by atoms with Crippen LogP contribution in [0.5, 0.6) is 0 Å². The highest BCUT2D eigenvalue weighted by atomic mass is 33.1. The van der Waals surface area contributed by atoms with E-state index in [1.807, 2.05) is 27.0 Å². The average molecular weight is 447 g/mol. The van der Waals surface area contributed by atoms with E-state index in [4.69, 9.17) is 14.2 Å². The molecule has 2 fully saturated rings. The summed E-state index contributed by atoms with van der Waals surface area (Å²) in [6, 6.07) is 0. The first-order valence-corrected chi connectivity index (χ1v) is 12.9. The van der Waals surface area contributed by atoms with Gasteiger partial charge in [0, 0.05) is 31.3 Å². The van der Waals surface area contributed by atoms with E-state index < -0.39 is 10.9 Å². The minimum atomic E-state index is -0.444. The number of rotatable bonds is 3. The van der Waals surface area contributed by atoms with Gasteiger partial charge in [-0.2, -0.15) is 0 Å². The van der Waals surface area contributed by atoms with Crippen molar-refractivity contribution in [3.63, 3.8) is 0 Å². The summed E-state index contributed by atoms with van der Waals surface area (Å²) in [5, 5.41) is -0.444. The maximum atomic E-state index is 13.1. The fraction of sp³-hybridized carbons (Fsp3) is 0.857. The molecule has 2 heterocycles. The molecule has 6 atom stereocenters. The molecule has 2 aliphatic heterocycles. The van der Waals surface area contributed by atoms with Crippen LogP contribution in [0.2, 0.25) is 0 Å². The molecule has 166 valence electrons. The van der Waals surface area contributed by atoms with Crippen LogP contribution in [0.15, 0.2) is 0 Å². The van der Waals surface area contributed by atoms with Gasteiger partial charge in [-0.05, 0) is 38.9 Å². The zero-order valence-corrected chi connectivity index (χ0v) is 19.7. The molecule has 2 rings (SSSR count). The monoisotopic (exact) mass is 446 g/mol. The maximum absolute atomic E-state index is 13.1. The van der Waals surface area contributed by atoms with E-state index in [0.29, 0.717) is 12.8 Å². The van der Waals surface area contributed by atoms with E-state index in [9.17, 15) is 14.4 Å². The van der Waals surface area contributed by atoms with Gasteiger partial charge in [-0.25, -0.2) is 0 Å². The number of hydrogen-bond donors (Lipinski definition) is 0. The Morgan fingerprint density at radius 1 is 1.07 bits per heavy atom. The topological polar surface area (TPSA) is 78.9 Å². The Morgan fingerprint density at radius 3 is 2.34 bits per heavy atom. The van der Waals surface area contributed by atoms with Crippen LogP contribution in [-0.2, 0) is 28.6 Å². The Labute approximate surface area is 181 Å². The van der Waals surface area contributed by atoms with E-state index in [-0.39, 0.29) is 54.6 Å². The molecule has 2 aliphatic rings. The zero-order chi connectivity index (χ0) is 21.6. The Balaban J connectivity index is 2.29. The van der Waals surface area contributed by atoms with Crippen LogP contribution in [0, 0.1) is 23.7 Å². The molecule has 0 amide bonds. The van der Waals surface area contributed by atoms with Gasteiger partial charge in [0.1, 0.15) is 11.0 Å². The standard InChI is InChI=1S/C21H34O6S2/c1-13-7-6-9-21(3,25-4)10-8-16(22)14(2)17-15(11-26-19(13)23)12-27-20(24)18(17)29-28-5/h13-15,17-18H,6-12H2,1-5H3. The summed E-state index contributed by atoms with van der Waals surface area (Å²) in [4.78, 5) is 38.0. The Bertz CT molecular complexity index is 598. The highest BCUT2D eigenvalue weighted by Crippen LogP contribution is 2.42. The van der Waals surface area contributed by atoms with E-state index >= 15 is 0 Å². The van der Waals surface area contributed by atoms with Crippen LogP contribution >= 0.6 is 21.6 Å². The molecule has 8 heteroatoms. The number of cyclic esters (lactones) is 2. The van der Waals surface area contributed by atoms with Gasteiger partial charge in [-0.3, -0.25) is 14.4 Å². The highest BCUT2D eigenvalue weighted by Gasteiger charge is 2.46. The lowest BCUT2D eigenvalue weighted by Gasteiger charge is -2.39. The van der Waals surface area contributed by atoms with Gasteiger partial charge in [0.25, 0.3) is 0 Å². The summed E-state index contributed by atoms with van der Waals surface area (Å²) in [5.74, 6) is -1.30.